The van der Waals surface area contributed by atoms with Crippen LogP contribution in [-0.2, 0) is 16.6 Å². The van der Waals surface area contributed by atoms with E-state index >= 15 is 0 Å². The molecule has 2 amide bonds. The second-order valence-electron chi connectivity index (χ2n) is 6.36. The summed E-state index contributed by atoms with van der Waals surface area (Å²) in [7, 11) is 1.83. The molecule has 28 heavy (non-hydrogen) atoms. The topological polar surface area (TPSA) is 89.3 Å². The van der Waals surface area contributed by atoms with Crippen molar-refractivity contribution in [2.45, 2.75) is 18.1 Å². The molecule has 1 unspecified atom stereocenters. The highest BCUT2D eigenvalue weighted by molar-refractivity contribution is 9.10. The second-order valence-corrected chi connectivity index (χ2v) is 8.15. The summed E-state index contributed by atoms with van der Waals surface area (Å²) >= 11 is 4.73. The molecular formula is C18H22BrN5O3S. The zero-order valence-corrected chi connectivity index (χ0v) is 18.1. The molecule has 150 valence electrons. The number of benzene rings is 1. The molecule has 1 aromatic carbocycles. The molecule has 1 N–H and O–H groups in total. The van der Waals surface area contributed by atoms with Crippen LogP contribution >= 0.6 is 27.7 Å². The van der Waals surface area contributed by atoms with Crippen molar-refractivity contribution in [3.05, 3.63) is 40.1 Å². The summed E-state index contributed by atoms with van der Waals surface area (Å²) in [5.74, 6) is 0.790. The fraction of sp³-hybridized carbons (Fsp3) is 0.444. The van der Waals surface area contributed by atoms with Crippen molar-refractivity contribution in [3.63, 3.8) is 0 Å². The van der Waals surface area contributed by atoms with Crippen LogP contribution < -0.4 is 5.32 Å². The van der Waals surface area contributed by atoms with Crippen LogP contribution in [0.25, 0.3) is 0 Å². The Kier molecular flexibility index (Phi) is 7.08. The monoisotopic (exact) mass is 467 g/mol. The van der Waals surface area contributed by atoms with Gasteiger partial charge in [0.05, 0.1) is 30.6 Å². The number of nitrogens with zero attached hydrogens (tertiary/aromatic N) is 4. The molecule has 0 radical (unpaired) electrons. The van der Waals surface area contributed by atoms with E-state index in [1.807, 2.05) is 36.7 Å². The fourth-order valence-electron chi connectivity index (χ4n) is 2.84. The van der Waals surface area contributed by atoms with Gasteiger partial charge >= 0.3 is 0 Å². The van der Waals surface area contributed by atoms with Crippen molar-refractivity contribution < 1.29 is 14.3 Å². The summed E-state index contributed by atoms with van der Waals surface area (Å²) in [4.78, 5) is 26.6. The van der Waals surface area contributed by atoms with Crippen LogP contribution in [0.15, 0.2) is 33.9 Å². The number of amides is 2. The summed E-state index contributed by atoms with van der Waals surface area (Å²) < 4.78 is 7.81. The zero-order valence-electron chi connectivity index (χ0n) is 15.7. The first-order valence-corrected chi connectivity index (χ1v) is 10.7. The molecule has 1 fully saturated rings. The Morgan fingerprint density at radius 1 is 1.29 bits per heavy atom. The summed E-state index contributed by atoms with van der Waals surface area (Å²) in [6.45, 7) is 4.27. The Bertz CT molecular complexity index is 853. The Balaban J connectivity index is 1.59. The summed E-state index contributed by atoms with van der Waals surface area (Å²) in [5.41, 5.74) is 0.558. The van der Waals surface area contributed by atoms with Gasteiger partial charge in [0.25, 0.3) is 5.91 Å². The molecule has 2 heterocycles. The van der Waals surface area contributed by atoms with E-state index < -0.39 is 0 Å². The lowest BCUT2D eigenvalue weighted by Gasteiger charge is -2.26. The van der Waals surface area contributed by atoms with Crippen molar-refractivity contribution >= 4 is 39.5 Å². The number of morpholine rings is 1. The predicted octanol–water partition coefficient (Wildman–Crippen LogP) is 2.02. The number of halogens is 1. The van der Waals surface area contributed by atoms with E-state index in [1.165, 1.54) is 11.8 Å². The predicted molar refractivity (Wildman–Crippen MR) is 109 cm³/mol. The van der Waals surface area contributed by atoms with E-state index in [1.54, 1.807) is 11.0 Å². The number of ether oxygens (including phenoxy) is 1. The lowest BCUT2D eigenvalue weighted by Crippen LogP contribution is -2.41. The van der Waals surface area contributed by atoms with Gasteiger partial charge < -0.3 is 19.5 Å². The quantitative estimate of drug-likeness (QED) is 0.653. The SMILES string of the molecule is CC(NC(=O)c1ccccc1Br)c1nnc(SCC(=O)N2CCOCC2)n1C. The van der Waals surface area contributed by atoms with Crippen LogP contribution in [0, 0.1) is 0 Å². The zero-order chi connectivity index (χ0) is 20.1. The van der Waals surface area contributed by atoms with Crippen LogP contribution in [-0.4, -0.2) is 63.5 Å². The van der Waals surface area contributed by atoms with Crippen molar-refractivity contribution in [1.29, 1.82) is 0 Å². The van der Waals surface area contributed by atoms with Gasteiger partial charge in [-0.2, -0.15) is 0 Å². The number of carbonyl (C=O) groups excluding carboxylic acids is 2. The number of carbonyl (C=O) groups is 2. The number of aromatic nitrogens is 3. The number of thioether (sulfide) groups is 1. The smallest absolute Gasteiger partial charge is 0.253 e. The molecule has 3 rings (SSSR count). The Hall–Kier alpha value is -1.91. The van der Waals surface area contributed by atoms with Gasteiger partial charge in [0, 0.05) is 24.6 Å². The summed E-state index contributed by atoms with van der Waals surface area (Å²) in [6, 6.07) is 6.91. The number of hydrogen-bond donors (Lipinski definition) is 1. The molecule has 0 aliphatic carbocycles. The van der Waals surface area contributed by atoms with Gasteiger partial charge in [0.1, 0.15) is 0 Å². The third-order valence-corrected chi connectivity index (χ3v) is 6.11. The summed E-state index contributed by atoms with van der Waals surface area (Å²) in [5, 5.41) is 11.9. The van der Waals surface area contributed by atoms with Gasteiger partial charge in [-0.3, -0.25) is 9.59 Å². The Labute approximate surface area is 176 Å². The fourth-order valence-corrected chi connectivity index (χ4v) is 4.13. The van der Waals surface area contributed by atoms with Gasteiger partial charge in [0.2, 0.25) is 5.91 Å². The molecule has 0 spiro atoms. The van der Waals surface area contributed by atoms with Crippen LogP contribution in [0.1, 0.15) is 29.1 Å². The van der Waals surface area contributed by atoms with Crippen molar-refractivity contribution in [1.82, 2.24) is 25.0 Å². The Morgan fingerprint density at radius 3 is 2.71 bits per heavy atom. The molecule has 2 aromatic rings. The maximum Gasteiger partial charge on any atom is 0.253 e. The van der Waals surface area contributed by atoms with Crippen LogP contribution in [0.2, 0.25) is 0 Å². The van der Waals surface area contributed by atoms with Gasteiger partial charge in [-0.1, -0.05) is 23.9 Å². The average Bonchev–Trinajstić information content (AvgIpc) is 3.07. The van der Waals surface area contributed by atoms with Gasteiger partial charge in [-0.15, -0.1) is 10.2 Å². The molecule has 8 nitrogen and oxygen atoms in total. The first kappa shape index (κ1) is 20.8. The Morgan fingerprint density at radius 2 is 2.00 bits per heavy atom. The van der Waals surface area contributed by atoms with Crippen LogP contribution in [0.3, 0.4) is 0 Å². The molecule has 1 aromatic heterocycles. The van der Waals surface area contributed by atoms with Gasteiger partial charge in [-0.05, 0) is 35.0 Å². The van der Waals surface area contributed by atoms with Crippen LogP contribution in [0.4, 0.5) is 0 Å². The molecule has 1 saturated heterocycles. The van der Waals surface area contributed by atoms with Crippen molar-refractivity contribution in [2.24, 2.45) is 7.05 Å². The minimum atomic E-state index is -0.332. The maximum atomic E-state index is 12.5. The van der Waals surface area contributed by atoms with E-state index in [2.05, 4.69) is 31.4 Å². The average molecular weight is 468 g/mol. The standard InChI is InChI=1S/C18H22BrN5O3S/c1-12(20-17(26)13-5-3-4-6-14(13)19)16-21-22-18(23(16)2)28-11-15(25)24-7-9-27-10-8-24/h3-6,12H,7-11H2,1-2H3,(H,20,26). The lowest BCUT2D eigenvalue weighted by molar-refractivity contribution is -0.132. The maximum absolute atomic E-state index is 12.5. The van der Waals surface area contributed by atoms with E-state index in [0.717, 1.165) is 4.47 Å². The molecule has 10 heteroatoms. The van der Waals surface area contributed by atoms with Gasteiger partial charge in [0.15, 0.2) is 11.0 Å². The molecular weight excluding hydrogens is 446 g/mol. The molecule has 0 bridgehead atoms. The van der Waals surface area contributed by atoms with E-state index in [-0.39, 0.29) is 17.9 Å². The van der Waals surface area contributed by atoms with Crippen LogP contribution in [0.5, 0.6) is 0 Å². The van der Waals surface area contributed by atoms with E-state index in [0.29, 0.717) is 48.6 Å². The third kappa shape index (κ3) is 4.92. The first-order valence-electron chi connectivity index (χ1n) is 8.90. The second kappa shape index (κ2) is 9.53. The molecule has 0 saturated carbocycles. The minimum Gasteiger partial charge on any atom is -0.378 e. The minimum absolute atomic E-state index is 0.0631. The summed E-state index contributed by atoms with van der Waals surface area (Å²) in [6.07, 6.45) is 0. The molecule has 1 aliphatic heterocycles. The highest BCUT2D eigenvalue weighted by Crippen LogP contribution is 2.21. The van der Waals surface area contributed by atoms with Crippen molar-refractivity contribution in [3.8, 4) is 0 Å². The number of hydrogen-bond acceptors (Lipinski definition) is 6. The highest BCUT2D eigenvalue weighted by atomic mass is 79.9. The van der Waals surface area contributed by atoms with Crippen molar-refractivity contribution in [2.75, 3.05) is 32.1 Å². The normalized spacial score (nSPS) is 15.3. The number of rotatable bonds is 6. The highest BCUT2D eigenvalue weighted by Gasteiger charge is 2.21. The first-order chi connectivity index (χ1) is 13.5. The largest absolute Gasteiger partial charge is 0.378 e. The number of nitrogens with one attached hydrogen (secondary N) is 1. The van der Waals surface area contributed by atoms with E-state index in [9.17, 15) is 9.59 Å². The molecule has 1 aliphatic rings. The van der Waals surface area contributed by atoms with E-state index in [4.69, 9.17) is 4.74 Å². The molecule has 1 atom stereocenters. The third-order valence-electron chi connectivity index (χ3n) is 4.41. The van der Waals surface area contributed by atoms with Gasteiger partial charge in [-0.25, -0.2) is 0 Å². The lowest BCUT2D eigenvalue weighted by atomic mass is 10.2.